The van der Waals surface area contributed by atoms with Crippen LogP contribution < -0.4 is 5.73 Å². The summed E-state index contributed by atoms with van der Waals surface area (Å²) in [6.45, 7) is 2.87. The number of likely N-dealkylation sites (tertiary alicyclic amines) is 1. The monoisotopic (exact) mass is 322 g/mol. The molecule has 3 aliphatic rings. The van der Waals surface area contributed by atoms with Gasteiger partial charge in [-0.15, -0.1) is 0 Å². The summed E-state index contributed by atoms with van der Waals surface area (Å²) in [6, 6.07) is -0.851. The molecule has 0 radical (unpaired) electrons. The molecule has 3 fully saturated rings. The molecule has 0 aromatic heterocycles. The number of hydrogen-bond acceptors (Lipinski definition) is 4. The number of esters is 1. The summed E-state index contributed by atoms with van der Waals surface area (Å²) in [5, 5.41) is 0. The highest BCUT2D eigenvalue weighted by Gasteiger charge is 2.51. The van der Waals surface area contributed by atoms with Crippen LogP contribution in [0.3, 0.4) is 0 Å². The van der Waals surface area contributed by atoms with Crippen molar-refractivity contribution < 1.29 is 14.3 Å². The number of hydrogen-bond donors (Lipinski definition) is 1. The second-order valence-electron chi connectivity index (χ2n) is 7.47. The Morgan fingerprint density at radius 2 is 1.87 bits per heavy atom. The summed E-state index contributed by atoms with van der Waals surface area (Å²) < 4.78 is 5.27. The van der Waals surface area contributed by atoms with Crippen molar-refractivity contribution in [2.45, 2.75) is 70.4 Å². The second-order valence-corrected chi connectivity index (χ2v) is 7.47. The van der Waals surface area contributed by atoms with Gasteiger partial charge in [-0.25, -0.2) is 4.79 Å². The van der Waals surface area contributed by atoms with E-state index in [1.807, 2.05) is 6.92 Å². The fraction of sp³-hybridized carbons (Fsp3) is 0.889. The fourth-order valence-electron chi connectivity index (χ4n) is 4.95. The zero-order valence-corrected chi connectivity index (χ0v) is 14.2. The maximum absolute atomic E-state index is 13.0. The van der Waals surface area contributed by atoms with Gasteiger partial charge in [0.1, 0.15) is 6.04 Å². The summed E-state index contributed by atoms with van der Waals surface area (Å²) >= 11 is 0. The lowest BCUT2D eigenvalue weighted by Gasteiger charge is -2.32. The predicted octanol–water partition coefficient (Wildman–Crippen LogP) is 2.08. The van der Waals surface area contributed by atoms with E-state index in [-0.39, 0.29) is 23.7 Å². The number of ether oxygens (including phenoxy) is 1. The molecule has 0 aromatic carbocycles. The third-order valence-electron chi connectivity index (χ3n) is 6.14. The van der Waals surface area contributed by atoms with E-state index in [1.54, 1.807) is 4.90 Å². The number of fused-ring (bicyclic) bond motifs is 1. The van der Waals surface area contributed by atoms with Crippen molar-refractivity contribution >= 4 is 11.9 Å². The van der Waals surface area contributed by atoms with Crippen LogP contribution in [0.25, 0.3) is 0 Å². The minimum Gasteiger partial charge on any atom is -0.464 e. The van der Waals surface area contributed by atoms with Crippen molar-refractivity contribution in [1.82, 2.24) is 4.90 Å². The van der Waals surface area contributed by atoms with E-state index >= 15 is 0 Å². The van der Waals surface area contributed by atoms with Crippen molar-refractivity contribution in [3.05, 3.63) is 0 Å². The third kappa shape index (κ3) is 3.25. The van der Waals surface area contributed by atoms with Crippen LogP contribution in [0.1, 0.15) is 58.3 Å². The summed E-state index contributed by atoms with van der Waals surface area (Å²) in [6.07, 6.45) is 8.95. The van der Waals surface area contributed by atoms with Crippen molar-refractivity contribution in [2.75, 3.05) is 13.2 Å². The smallest absolute Gasteiger partial charge is 0.329 e. The predicted molar refractivity (Wildman–Crippen MR) is 87.5 cm³/mol. The number of amides is 1. The van der Waals surface area contributed by atoms with Crippen molar-refractivity contribution in [3.8, 4) is 0 Å². The minimum atomic E-state index is -0.453. The van der Waals surface area contributed by atoms with Gasteiger partial charge in [-0.3, -0.25) is 4.79 Å². The van der Waals surface area contributed by atoms with Gasteiger partial charge in [0.2, 0.25) is 5.91 Å². The SMILES string of the molecule is CCOC(=O)[C@@H]1[C@H]2CCC[C@H]2CN1C(=O)[C@@H](N)C1CCCCC1. The molecule has 4 atom stereocenters. The van der Waals surface area contributed by atoms with Crippen LogP contribution in [0.4, 0.5) is 0 Å². The topological polar surface area (TPSA) is 72.6 Å². The van der Waals surface area contributed by atoms with Gasteiger partial charge < -0.3 is 15.4 Å². The van der Waals surface area contributed by atoms with Gasteiger partial charge in [-0.1, -0.05) is 25.7 Å². The number of carbonyl (C=O) groups is 2. The molecule has 1 heterocycles. The molecule has 0 aromatic rings. The fourth-order valence-corrected chi connectivity index (χ4v) is 4.95. The Bertz CT molecular complexity index is 448. The average Bonchev–Trinajstić information content (AvgIpc) is 3.15. The minimum absolute atomic E-state index is 0.0237. The average molecular weight is 322 g/mol. The highest BCUT2D eigenvalue weighted by molar-refractivity contribution is 5.88. The van der Waals surface area contributed by atoms with Gasteiger partial charge in [0.05, 0.1) is 12.6 Å². The number of nitrogens with two attached hydrogens (primary N) is 1. The molecule has 1 saturated heterocycles. The largest absolute Gasteiger partial charge is 0.464 e. The van der Waals surface area contributed by atoms with Crippen molar-refractivity contribution in [3.63, 3.8) is 0 Å². The molecule has 1 amide bonds. The van der Waals surface area contributed by atoms with Gasteiger partial charge in [-0.2, -0.15) is 0 Å². The van der Waals surface area contributed by atoms with Crippen LogP contribution >= 0.6 is 0 Å². The zero-order chi connectivity index (χ0) is 16.4. The molecule has 2 aliphatic carbocycles. The van der Waals surface area contributed by atoms with Crippen LogP contribution in [0.15, 0.2) is 0 Å². The Balaban J connectivity index is 1.73. The van der Waals surface area contributed by atoms with Crippen LogP contribution in [0, 0.1) is 17.8 Å². The molecule has 2 N–H and O–H groups in total. The summed E-state index contributed by atoms with van der Waals surface area (Å²) in [4.78, 5) is 27.2. The molecular formula is C18H30N2O3. The van der Waals surface area contributed by atoms with Gasteiger partial charge in [0.15, 0.2) is 0 Å². The van der Waals surface area contributed by atoms with Gasteiger partial charge >= 0.3 is 5.97 Å². The number of carbonyl (C=O) groups excluding carboxylic acids is 2. The molecule has 5 nitrogen and oxygen atoms in total. The molecular weight excluding hydrogens is 292 g/mol. The zero-order valence-electron chi connectivity index (χ0n) is 14.2. The normalized spacial score (nSPS) is 32.6. The number of nitrogens with zero attached hydrogens (tertiary/aromatic N) is 1. The summed E-state index contributed by atoms with van der Waals surface area (Å²) in [5.74, 6) is 0.749. The first-order valence-electron chi connectivity index (χ1n) is 9.36. The number of rotatable bonds is 4. The van der Waals surface area contributed by atoms with Crippen LogP contribution in [-0.4, -0.2) is 42.0 Å². The molecule has 2 saturated carbocycles. The van der Waals surface area contributed by atoms with Gasteiger partial charge in [0.25, 0.3) is 0 Å². The summed E-state index contributed by atoms with van der Waals surface area (Å²) in [7, 11) is 0. The van der Waals surface area contributed by atoms with Crippen molar-refractivity contribution in [1.29, 1.82) is 0 Å². The van der Waals surface area contributed by atoms with Gasteiger partial charge in [0, 0.05) is 6.54 Å². The third-order valence-corrected chi connectivity index (χ3v) is 6.14. The Hall–Kier alpha value is -1.10. The van der Waals surface area contributed by atoms with Gasteiger partial charge in [-0.05, 0) is 50.4 Å². The standard InChI is InChI=1S/C18H30N2O3/c1-2-23-18(22)16-14-10-6-9-13(14)11-20(16)17(21)15(19)12-7-4-3-5-8-12/h12-16H,2-11,19H2,1H3/t13-,14-,15-,16-/m0/s1. The summed E-state index contributed by atoms with van der Waals surface area (Å²) in [5.41, 5.74) is 6.32. The lowest BCUT2D eigenvalue weighted by atomic mass is 9.83. The van der Waals surface area contributed by atoms with E-state index in [0.717, 1.165) is 44.9 Å². The Labute approximate surface area is 138 Å². The molecule has 1 aliphatic heterocycles. The van der Waals surface area contributed by atoms with Crippen LogP contribution in [0.2, 0.25) is 0 Å². The first-order chi connectivity index (χ1) is 11.1. The Morgan fingerprint density at radius 3 is 2.57 bits per heavy atom. The molecule has 130 valence electrons. The maximum Gasteiger partial charge on any atom is 0.329 e. The van der Waals surface area contributed by atoms with Crippen molar-refractivity contribution in [2.24, 2.45) is 23.5 Å². The first-order valence-corrected chi connectivity index (χ1v) is 9.36. The molecule has 3 rings (SSSR count). The van der Waals surface area contributed by atoms with E-state index in [1.165, 1.54) is 6.42 Å². The molecule has 5 heteroatoms. The lowest BCUT2D eigenvalue weighted by molar-refractivity contribution is -0.155. The van der Waals surface area contributed by atoms with E-state index in [4.69, 9.17) is 10.5 Å². The van der Waals surface area contributed by atoms with E-state index in [0.29, 0.717) is 19.1 Å². The van der Waals surface area contributed by atoms with Crippen LogP contribution in [0.5, 0.6) is 0 Å². The molecule has 0 spiro atoms. The van der Waals surface area contributed by atoms with E-state index in [2.05, 4.69) is 0 Å². The quantitative estimate of drug-likeness (QED) is 0.804. The molecule has 0 bridgehead atoms. The highest BCUT2D eigenvalue weighted by atomic mass is 16.5. The first kappa shape index (κ1) is 16.7. The Kier molecular flexibility index (Phi) is 5.24. The molecule has 23 heavy (non-hydrogen) atoms. The highest BCUT2D eigenvalue weighted by Crippen LogP contribution is 2.43. The molecule has 0 unspecified atom stereocenters. The Morgan fingerprint density at radius 1 is 1.13 bits per heavy atom. The maximum atomic E-state index is 13.0. The van der Waals surface area contributed by atoms with E-state index < -0.39 is 12.1 Å². The van der Waals surface area contributed by atoms with Crippen LogP contribution in [-0.2, 0) is 14.3 Å². The lowest BCUT2D eigenvalue weighted by Crippen LogP contribution is -2.53. The second kappa shape index (κ2) is 7.20. The van der Waals surface area contributed by atoms with E-state index in [9.17, 15) is 9.59 Å².